The summed E-state index contributed by atoms with van der Waals surface area (Å²) in [7, 11) is 0. The average molecular weight is 407 g/mol. The number of aromatic nitrogens is 6. The summed E-state index contributed by atoms with van der Waals surface area (Å²) in [6.45, 7) is 4.25. The van der Waals surface area contributed by atoms with Crippen LogP contribution in [-0.4, -0.2) is 29.5 Å². The highest BCUT2D eigenvalue weighted by atomic mass is 35.5. The quantitative estimate of drug-likeness (QED) is 0.430. The van der Waals surface area contributed by atoms with Gasteiger partial charge in [-0.25, -0.2) is 4.98 Å². The first-order valence-corrected chi connectivity index (χ1v) is 10.2. The van der Waals surface area contributed by atoms with Crippen LogP contribution in [0.25, 0.3) is 28.5 Å². The highest BCUT2D eigenvalue weighted by Crippen LogP contribution is 2.41. The number of imidazole rings is 1. The molecule has 0 amide bonds. The number of rotatable bonds is 3. The minimum atomic E-state index is 0.269. The molecular formula is C21H19ClN6O. The van der Waals surface area contributed by atoms with Crippen molar-refractivity contribution in [3.8, 4) is 28.5 Å². The average Bonchev–Trinajstić information content (AvgIpc) is 3.13. The van der Waals surface area contributed by atoms with Gasteiger partial charge in [0, 0.05) is 40.7 Å². The van der Waals surface area contributed by atoms with E-state index in [0.29, 0.717) is 23.3 Å². The Morgan fingerprint density at radius 1 is 1.21 bits per heavy atom. The van der Waals surface area contributed by atoms with Crippen LogP contribution in [0.3, 0.4) is 0 Å². The van der Waals surface area contributed by atoms with Crippen molar-refractivity contribution in [2.45, 2.75) is 45.1 Å². The van der Waals surface area contributed by atoms with E-state index in [2.05, 4.69) is 39.7 Å². The molecule has 6 rings (SSSR count). The van der Waals surface area contributed by atoms with Crippen LogP contribution < -0.4 is 0 Å². The predicted molar refractivity (Wildman–Crippen MR) is 108 cm³/mol. The molecule has 0 spiro atoms. The summed E-state index contributed by atoms with van der Waals surface area (Å²) >= 11 is 6.34. The first-order chi connectivity index (χ1) is 14.1. The minimum absolute atomic E-state index is 0.269. The van der Waals surface area contributed by atoms with Gasteiger partial charge in [0.25, 0.3) is 5.89 Å². The highest BCUT2D eigenvalue weighted by Gasteiger charge is 2.31. The Kier molecular flexibility index (Phi) is 3.53. The van der Waals surface area contributed by atoms with Crippen LogP contribution in [0.5, 0.6) is 0 Å². The van der Waals surface area contributed by atoms with Crippen LogP contribution in [-0.2, 0) is 6.42 Å². The molecule has 1 aliphatic heterocycles. The van der Waals surface area contributed by atoms with Crippen LogP contribution in [0.2, 0.25) is 5.02 Å². The molecular weight excluding hydrogens is 388 g/mol. The molecule has 8 heteroatoms. The van der Waals surface area contributed by atoms with E-state index in [4.69, 9.17) is 21.2 Å². The van der Waals surface area contributed by atoms with Crippen molar-refractivity contribution in [1.82, 2.24) is 29.5 Å². The zero-order valence-corrected chi connectivity index (χ0v) is 16.9. The van der Waals surface area contributed by atoms with E-state index in [1.165, 1.54) is 0 Å². The van der Waals surface area contributed by atoms with Crippen LogP contribution in [0, 0.1) is 0 Å². The van der Waals surface area contributed by atoms with Crippen LogP contribution in [0.15, 0.2) is 35.2 Å². The molecule has 29 heavy (non-hydrogen) atoms. The van der Waals surface area contributed by atoms with Gasteiger partial charge in [-0.1, -0.05) is 16.8 Å². The van der Waals surface area contributed by atoms with Crippen molar-refractivity contribution in [2.24, 2.45) is 0 Å². The summed E-state index contributed by atoms with van der Waals surface area (Å²) in [5.41, 5.74) is 5.83. The Morgan fingerprint density at radius 3 is 2.86 bits per heavy atom. The number of fused-ring (bicyclic) bond motifs is 5. The smallest absolute Gasteiger partial charge is 0.278 e. The van der Waals surface area contributed by atoms with Gasteiger partial charge in [-0.05, 0) is 44.9 Å². The molecule has 0 N–H and O–H groups in total. The van der Waals surface area contributed by atoms with E-state index in [-0.39, 0.29) is 6.04 Å². The second-order valence-electron chi connectivity index (χ2n) is 8.06. The maximum atomic E-state index is 6.34. The largest absolute Gasteiger partial charge is 0.332 e. The third kappa shape index (κ3) is 2.64. The SMILES string of the molecule is CC(C)n1cc2c(n1)-c1cc(Cl)ccc1-n1cnc(-c3nc(C4CC4)no3)c1C2. The number of nitrogens with zero attached hydrogens (tertiary/aromatic N) is 6. The molecule has 146 valence electrons. The Balaban J connectivity index is 1.56. The van der Waals surface area contributed by atoms with Gasteiger partial charge < -0.3 is 9.09 Å². The molecule has 3 aromatic heterocycles. The van der Waals surface area contributed by atoms with Gasteiger partial charge in [-0.2, -0.15) is 10.1 Å². The van der Waals surface area contributed by atoms with E-state index in [9.17, 15) is 0 Å². The molecule has 0 saturated heterocycles. The molecule has 4 heterocycles. The van der Waals surface area contributed by atoms with Crippen LogP contribution in [0.4, 0.5) is 0 Å². The monoisotopic (exact) mass is 406 g/mol. The van der Waals surface area contributed by atoms with Crippen molar-refractivity contribution in [3.05, 3.63) is 52.8 Å². The van der Waals surface area contributed by atoms with Crippen molar-refractivity contribution in [3.63, 3.8) is 0 Å². The Hall–Kier alpha value is -2.93. The van der Waals surface area contributed by atoms with E-state index in [0.717, 1.165) is 52.6 Å². The summed E-state index contributed by atoms with van der Waals surface area (Å²) in [6, 6.07) is 6.15. The summed E-state index contributed by atoms with van der Waals surface area (Å²) in [6.07, 6.45) is 6.87. The third-order valence-corrected chi connectivity index (χ3v) is 5.86. The summed E-state index contributed by atoms with van der Waals surface area (Å²) in [5.74, 6) is 1.71. The molecule has 0 atom stereocenters. The summed E-state index contributed by atoms with van der Waals surface area (Å²) in [4.78, 5) is 9.26. The van der Waals surface area contributed by atoms with E-state index < -0.39 is 0 Å². The van der Waals surface area contributed by atoms with Crippen molar-refractivity contribution in [1.29, 1.82) is 0 Å². The molecule has 1 aromatic carbocycles. The van der Waals surface area contributed by atoms with Gasteiger partial charge in [-0.15, -0.1) is 0 Å². The molecule has 7 nitrogen and oxygen atoms in total. The number of benzene rings is 1. The number of hydrogen-bond acceptors (Lipinski definition) is 5. The lowest BCUT2D eigenvalue weighted by molar-refractivity contribution is 0.421. The van der Waals surface area contributed by atoms with Crippen LogP contribution in [0.1, 0.15) is 55.7 Å². The first kappa shape index (κ1) is 17.0. The van der Waals surface area contributed by atoms with E-state index in [1.807, 2.05) is 29.2 Å². The van der Waals surface area contributed by atoms with Gasteiger partial charge in [0.2, 0.25) is 0 Å². The predicted octanol–water partition coefficient (Wildman–Crippen LogP) is 4.80. The lowest BCUT2D eigenvalue weighted by Crippen LogP contribution is -2.03. The lowest BCUT2D eigenvalue weighted by Gasteiger charge is -2.10. The van der Waals surface area contributed by atoms with E-state index >= 15 is 0 Å². The topological polar surface area (TPSA) is 74.6 Å². The maximum absolute atomic E-state index is 6.34. The zero-order chi connectivity index (χ0) is 19.7. The van der Waals surface area contributed by atoms with Gasteiger partial charge in [0.05, 0.1) is 17.1 Å². The normalized spacial score (nSPS) is 15.2. The fourth-order valence-corrected chi connectivity index (χ4v) is 4.08. The highest BCUT2D eigenvalue weighted by molar-refractivity contribution is 6.31. The first-order valence-electron chi connectivity index (χ1n) is 9.87. The molecule has 0 bridgehead atoms. The molecule has 1 aliphatic carbocycles. The second-order valence-corrected chi connectivity index (χ2v) is 8.49. The van der Waals surface area contributed by atoms with Gasteiger partial charge in [0.15, 0.2) is 11.5 Å². The van der Waals surface area contributed by atoms with Crippen molar-refractivity contribution in [2.75, 3.05) is 0 Å². The summed E-state index contributed by atoms with van der Waals surface area (Å²) in [5, 5.41) is 9.71. The fraction of sp³-hybridized carbons (Fsp3) is 0.333. The lowest BCUT2D eigenvalue weighted by atomic mass is 10.0. The van der Waals surface area contributed by atoms with Gasteiger partial charge in [-0.3, -0.25) is 4.68 Å². The molecule has 0 unspecified atom stereocenters. The number of halogens is 1. The third-order valence-electron chi connectivity index (χ3n) is 5.62. The van der Waals surface area contributed by atoms with E-state index in [1.54, 1.807) is 0 Å². The molecule has 0 radical (unpaired) electrons. The second kappa shape index (κ2) is 6.03. The Bertz CT molecular complexity index is 1250. The maximum Gasteiger partial charge on any atom is 0.278 e. The molecule has 1 fully saturated rings. The van der Waals surface area contributed by atoms with Gasteiger partial charge >= 0.3 is 0 Å². The fourth-order valence-electron chi connectivity index (χ4n) is 3.91. The van der Waals surface area contributed by atoms with Crippen molar-refractivity contribution >= 4 is 11.6 Å². The molecule has 2 aliphatic rings. The Labute approximate surface area is 172 Å². The minimum Gasteiger partial charge on any atom is -0.332 e. The number of hydrogen-bond donors (Lipinski definition) is 0. The molecule has 1 saturated carbocycles. The summed E-state index contributed by atoms with van der Waals surface area (Å²) < 4.78 is 9.66. The van der Waals surface area contributed by atoms with Crippen LogP contribution >= 0.6 is 11.6 Å². The van der Waals surface area contributed by atoms with Gasteiger partial charge in [0.1, 0.15) is 6.33 Å². The zero-order valence-electron chi connectivity index (χ0n) is 16.1. The standard InChI is InChI=1S/C21H19ClN6O/c1-11(2)28-9-13-7-17-19(21-24-20(26-29-21)12-3-4-12)23-10-27(17)16-6-5-14(22)8-15(16)18(13)25-28/h5-6,8-12H,3-4,7H2,1-2H3. The molecule has 4 aromatic rings. The Morgan fingerprint density at radius 2 is 2.07 bits per heavy atom. The van der Waals surface area contributed by atoms with Crippen molar-refractivity contribution < 1.29 is 4.52 Å².